The highest BCUT2D eigenvalue weighted by atomic mass is 32.2. The van der Waals surface area contributed by atoms with Gasteiger partial charge in [-0.05, 0) is 30.3 Å². The first kappa shape index (κ1) is 21.2. The Morgan fingerprint density at radius 3 is 2.59 bits per heavy atom. The number of hydrogen-bond donors (Lipinski definition) is 1. The number of sulfonamides is 1. The first-order chi connectivity index (χ1) is 13.6. The third-order valence-corrected chi connectivity index (χ3v) is 6.44. The molecule has 1 N–H and O–H groups in total. The number of amides is 1. The van der Waals surface area contributed by atoms with Gasteiger partial charge in [-0.15, -0.1) is 11.3 Å². The van der Waals surface area contributed by atoms with Crippen molar-refractivity contribution in [2.45, 2.75) is 17.6 Å². The summed E-state index contributed by atoms with van der Waals surface area (Å²) in [6, 6.07) is 10.8. The number of halogens is 3. The minimum atomic E-state index is -4.67. The quantitative estimate of drug-likeness (QED) is 0.634. The van der Waals surface area contributed by atoms with E-state index in [-0.39, 0.29) is 6.54 Å². The number of aromatic nitrogens is 1. The highest BCUT2D eigenvalue weighted by Crippen LogP contribution is 2.30. The maximum atomic E-state index is 12.8. The van der Waals surface area contributed by atoms with Crippen LogP contribution >= 0.6 is 11.3 Å². The fourth-order valence-corrected chi connectivity index (χ4v) is 4.53. The van der Waals surface area contributed by atoms with Gasteiger partial charge in [0.1, 0.15) is 5.01 Å². The van der Waals surface area contributed by atoms with Crippen LogP contribution in [0.15, 0.2) is 53.4 Å². The number of carbonyl (C=O) groups excluding carboxylic acids is 1. The van der Waals surface area contributed by atoms with E-state index >= 15 is 0 Å². The van der Waals surface area contributed by atoms with Gasteiger partial charge in [0.25, 0.3) is 0 Å². The van der Waals surface area contributed by atoms with Crippen molar-refractivity contribution in [3.8, 4) is 0 Å². The van der Waals surface area contributed by atoms with Gasteiger partial charge in [-0.25, -0.2) is 18.1 Å². The van der Waals surface area contributed by atoms with Crippen LogP contribution in [0.1, 0.15) is 10.6 Å². The molecule has 0 aliphatic heterocycles. The van der Waals surface area contributed by atoms with Crippen molar-refractivity contribution >= 4 is 37.5 Å². The average molecular weight is 443 g/mol. The van der Waals surface area contributed by atoms with Crippen molar-refractivity contribution in [1.82, 2.24) is 14.6 Å². The van der Waals surface area contributed by atoms with Gasteiger partial charge in [0.05, 0.1) is 33.8 Å². The molecule has 0 aliphatic carbocycles. The number of likely N-dealkylation sites (N-methyl/N-ethyl adjacent to an activating group) is 1. The van der Waals surface area contributed by atoms with Gasteiger partial charge in [0, 0.05) is 7.05 Å². The molecule has 6 nitrogen and oxygen atoms in total. The zero-order chi connectivity index (χ0) is 21.2. The Labute approximate surface area is 169 Å². The number of alkyl halides is 3. The molecule has 0 aliphatic rings. The number of nitrogens with one attached hydrogen (secondary N) is 1. The van der Waals surface area contributed by atoms with Gasteiger partial charge < -0.3 is 4.90 Å². The SMILES string of the molecule is CN(Cc1nc2ccccc2s1)C(=O)CNS(=O)(=O)c1cccc(C(F)(F)F)c1. The smallest absolute Gasteiger partial charge is 0.338 e. The lowest BCUT2D eigenvalue weighted by Crippen LogP contribution is -2.37. The van der Waals surface area contributed by atoms with E-state index in [1.807, 2.05) is 29.0 Å². The summed E-state index contributed by atoms with van der Waals surface area (Å²) in [4.78, 5) is 17.4. The first-order valence-electron chi connectivity index (χ1n) is 8.31. The number of fused-ring (bicyclic) bond motifs is 1. The van der Waals surface area contributed by atoms with E-state index in [9.17, 15) is 26.4 Å². The van der Waals surface area contributed by atoms with Gasteiger partial charge in [0.2, 0.25) is 15.9 Å². The highest BCUT2D eigenvalue weighted by molar-refractivity contribution is 7.89. The van der Waals surface area contributed by atoms with E-state index in [1.54, 1.807) is 0 Å². The number of benzene rings is 2. The van der Waals surface area contributed by atoms with E-state index in [4.69, 9.17) is 0 Å². The summed E-state index contributed by atoms with van der Waals surface area (Å²) in [6.45, 7) is -0.399. The molecule has 0 radical (unpaired) electrons. The van der Waals surface area contributed by atoms with E-state index in [1.165, 1.54) is 23.3 Å². The molecule has 11 heteroatoms. The van der Waals surface area contributed by atoms with E-state index < -0.39 is 39.1 Å². The predicted octanol–water partition coefficient (Wildman–Crippen LogP) is 3.25. The zero-order valence-electron chi connectivity index (χ0n) is 15.1. The molecule has 3 rings (SSSR count). The van der Waals surface area contributed by atoms with Crippen LogP contribution < -0.4 is 4.72 Å². The number of thiazole rings is 1. The number of hydrogen-bond acceptors (Lipinski definition) is 5. The molecule has 0 saturated heterocycles. The standard InChI is InChI=1S/C18H16F3N3O3S2/c1-24(11-16-23-14-7-2-3-8-15(14)28-16)17(25)10-22-29(26,27)13-6-4-5-12(9-13)18(19,20)21/h2-9,22H,10-11H2,1H3. The van der Waals surface area contributed by atoms with Crippen LogP contribution in [-0.2, 0) is 27.5 Å². The van der Waals surface area contributed by atoms with Crippen molar-refractivity contribution in [3.05, 3.63) is 59.1 Å². The lowest BCUT2D eigenvalue weighted by molar-refractivity contribution is -0.137. The Hall–Kier alpha value is -2.50. The van der Waals surface area contributed by atoms with Crippen LogP contribution in [0.2, 0.25) is 0 Å². The average Bonchev–Trinajstić information content (AvgIpc) is 3.07. The Morgan fingerprint density at radius 1 is 1.17 bits per heavy atom. The minimum Gasteiger partial charge on any atom is -0.338 e. The molecule has 0 saturated carbocycles. The molecule has 1 amide bonds. The maximum absolute atomic E-state index is 12.8. The molecule has 1 heterocycles. The van der Waals surface area contributed by atoms with Gasteiger partial charge in [0.15, 0.2) is 0 Å². The van der Waals surface area contributed by atoms with Gasteiger partial charge in [-0.2, -0.15) is 13.2 Å². The van der Waals surface area contributed by atoms with Crippen LogP contribution in [0.5, 0.6) is 0 Å². The van der Waals surface area contributed by atoms with Gasteiger partial charge in [-0.3, -0.25) is 4.79 Å². The second-order valence-corrected chi connectivity index (χ2v) is 9.06. The van der Waals surface area contributed by atoms with Gasteiger partial charge >= 0.3 is 6.18 Å². The molecule has 0 atom stereocenters. The summed E-state index contributed by atoms with van der Waals surface area (Å²) in [5, 5.41) is 0.683. The van der Waals surface area contributed by atoms with E-state index in [0.717, 1.165) is 28.4 Å². The molecule has 1 aromatic heterocycles. The summed E-state index contributed by atoms with van der Waals surface area (Å²) in [6.07, 6.45) is -4.67. The second kappa shape index (κ2) is 8.09. The molecule has 0 bridgehead atoms. The fraction of sp³-hybridized carbons (Fsp3) is 0.222. The minimum absolute atomic E-state index is 0.184. The monoisotopic (exact) mass is 443 g/mol. The summed E-state index contributed by atoms with van der Waals surface area (Å²) in [7, 11) is -2.78. The molecule has 29 heavy (non-hydrogen) atoms. The summed E-state index contributed by atoms with van der Waals surface area (Å²) >= 11 is 1.42. The van der Waals surface area contributed by atoms with Crippen LogP contribution in [0.25, 0.3) is 10.2 Å². The van der Waals surface area contributed by atoms with E-state index in [0.29, 0.717) is 11.1 Å². The summed E-state index contributed by atoms with van der Waals surface area (Å²) in [5.41, 5.74) is -0.279. The number of carbonyl (C=O) groups is 1. The molecule has 154 valence electrons. The molecule has 3 aromatic rings. The largest absolute Gasteiger partial charge is 0.416 e. The Balaban J connectivity index is 1.64. The first-order valence-corrected chi connectivity index (χ1v) is 10.6. The van der Waals surface area contributed by atoms with Crippen molar-refractivity contribution in [2.24, 2.45) is 0 Å². The van der Waals surface area contributed by atoms with Crippen molar-refractivity contribution in [3.63, 3.8) is 0 Å². The Kier molecular flexibility index (Phi) is 5.92. The van der Waals surface area contributed by atoms with Crippen molar-refractivity contribution in [2.75, 3.05) is 13.6 Å². The van der Waals surface area contributed by atoms with Crippen molar-refractivity contribution in [1.29, 1.82) is 0 Å². The highest BCUT2D eigenvalue weighted by Gasteiger charge is 2.31. The van der Waals surface area contributed by atoms with Gasteiger partial charge in [-0.1, -0.05) is 18.2 Å². The third-order valence-electron chi connectivity index (χ3n) is 4.02. The molecule has 0 unspecified atom stereocenters. The van der Waals surface area contributed by atoms with Crippen LogP contribution in [0.4, 0.5) is 13.2 Å². The van der Waals surface area contributed by atoms with Crippen molar-refractivity contribution < 1.29 is 26.4 Å². The van der Waals surface area contributed by atoms with Crippen LogP contribution in [0.3, 0.4) is 0 Å². The lowest BCUT2D eigenvalue weighted by Gasteiger charge is -2.16. The maximum Gasteiger partial charge on any atom is 0.416 e. The third kappa shape index (κ3) is 5.11. The van der Waals surface area contributed by atoms with E-state index in [2.05, 4.69) is 4.98 Å². The molecular weight excluding hydrogens is 427 g/mol. The normalized spacial score (nSPS) is 12.3. The van der Waals surface area contributed by atoms with Crippen LogP contribution in [0, 0.1) is 0 Å². The van der Waals surface area contributed by atoms with Crippen LogP contribution in [-0.4, -0.2) is 37.8 Å². The Morgan fingerprint density at radius 2 is 1.90 bits per heavy atom. The lowest BCUT2D eigenvalue weighted by atomic mass is 10.2. The topological polar surface area (TPSA) is 79.4 Å². The second-order valence-electron chi connectivity index (χ2n) is 6.18. The molecular formula is C18H16F3N3O3S2. The molecule has 0 spiro atoms. The predicted molar refractivity (Wildman–Crippen MR) is 103 cm³/mol. The molecule has 2 aromatic carbocycles. The summed E-state index contributed by atoms with van der Waals surface area (Å²) in [5.74, 6) is -0.542. The number of nitrogens with zero attached hydrogens (tertiary/aromatic N) is 2. The number of para-hydroxylation sites is 1. The zero-order valence-corrected chi connectivity index (χ0v) is 16.7. The Bertz CT molecular complexity index is 1110. The number of rotatable bonds is 6. The molecule has 0 fully saturated rings. The summed E-state index contributed by atoms with van der Waals surface area (Å²) < 4.78 is 65.9. The fourth-order valence-electron chi connectivity index (χ4n) is 2.49.